The first-order chi connectivity index (χ1) is 9.70. The second-order valence-corrected chi connectivity index (χ2v) is 5.33. The lowest BCUT2D eigenvalue weighted by molar-refractivity contribution is -0.00259. The third-order valence-corrected chi connectivity index (χ3v) is 3.63. The van der Waals surface area contributed by atoms with Crippen molar-refractivity contribution in [2.45, 2.75) is 31.9 Å². The maximum Gasteiger partial charge on any atom is 0.170 e. The number of benzene rings is 1. The third kappa shape index (κ3) is 3.95. The third-order valence-electron chi connectivity index (χ3n) is 3.63. The van der Waals surface area contributed by atoms with Crippen LogP contribution in [0.5, 0.6) is 0 Å². The van der Waals surface area contributed by atoms with Crippen LogP contribution in [0.1, 0.15) is 30.4 Å². The van der Waals surface area contributed by atoms with Gasteiger partial charge in [0.1, 0.15) is 0 Å². The lowest BCUT2D eigenvalue weighted by atomic mass is 10.1. The van der Waals surface area contributed by atoms with E-state index in [2.05, 4.69) is 17.1 Å². The second kappa shape index (κ2) is 7.26. The van der Waals surface area contributed by atoms with Crippen LogP contribution in [0, 0.1) is 0 Å². The van der Waals surface area contributed by atoms with Gasteiger partial charge in [0, 0.05) is 25.3 Å². The number of hydrogen-bond donors (Lipinski definition) is 2. The number of amidine groups is 1. The molecule has 1 aromatic rings. The Balaban J connectivity index is 1.98. The number of hydrogen-bond acceptors (Lipinski definition) is 4. The van der Waals surface area contributed by atoms with Crippen molar-refractivity contribution in [3.05, 3.63) is 35.4 Å². The van der Waals surface area contributed by atoms with Crippen molar-refractivity contribution in [3.8, 4) is 0 Å². The van der Waals surface area contributed by atoms with E-state index in [1.54, 1.807) is 0 Å². The fourth-order valence-electron chi connectivity index (χ4n) is 2.62. The molecule has 0 aromatic heterocycles. The quantitative estimate of drug-likeness (QED) is 0.372. The molecule has 110 valence electrons. The molecule has 0 radical (unpaired) electrons. The summed E-state index contributed by atoms with van der Waals surface area (Å²) in [5, 5.41) is 11.9. The molecule has 5 nitrogen and oxygen atoms in total. The van der Waals surface area contributed by atoms with Crippen molar-refractivity contribution < 1.29 is 9.94 Å². The lowest BCUT2D eigenvalue weighted by Gasteiger charge is -2.27. The van der Waals surface area contributed by atoms with E-state index < -0.39 is 0 Å². The molecule has 3 N–H and O–H groups in total. The molecule has 0 amide bonds. The van der Waals surface area contributed by atoms with E-state index in [4.69, 9.17) is 15.7 Å². The van der Waals surface area contributed by atoms with Gasteiger partial charge in [-0.25, -0.2) is 0 Å². The molecule has 1 aliphatic rings. The van der Waals surface area contributed by atoms with Gasteiger partial charge in [0.25, 0.3) is 0 Å². The monoisotopic (exact) mass is 277 g/mol. The smallest absolute Gasteiger partial charge is 0.170 e. The average molecular weight is 277 g/mol. The summed E-state index contributed by atoms with van der Waals surface area (Å²) in [5.74, 6) is 0.155. The van der Waals surface area contributed by atoms with E-state index in [0.29, 0.717) is 6.10 Å². The first-order valence-electron chi connectivity index (χ1n) is 7.06. The molecule has 1 atom stereocenters. The van der Waals surface area contributed by atoms with E-state index in [9.17, 15) is 0 Å². The van der Waals surface area contributed by atoms with Crippen molar-refractivity contribution in [2.75, 3.05) is 20.2 Å². The average Bonchev–Trinajstić information content (AvgIpc) is 2.48. The Morgan fingerprint density at radius 2 is 2.25 bits per heavy atom. The first-order valence-corrected chi connectivity index (χ1v) is 7.06. The summed E-state index contributed by atoms with van der Waals surface area (Å²) in [6.45, 7) is 2.54. The van der Waals surface area contributed by atoms with Crippen LogP contribution in [-0.4, -0.2) is 42.2 Å². The standard InChI is InChI=1S/C15H23N3O2/c1-18(11-13-7-4-5-9-20-13)10-12-6-2-3-8-14(12)15(16)17-19/h2-3,6,8,13,19H,4-5,7,9-11H2,1H3,(H2,16,17). The van der Waals surface area contributed by atoms with Gasteiger partial charge >= 0.3 is 0 Å². The first kappa shape index (κ1) is 14.8. The predicted octanol–water partition coefficient (Wildman–Crippen LogP) is 1.78. The zero-order chi connectivity index (χ0) is 14.4. The highest BCUT2D eigenvalue weighted by molar-refractivity contribution is 5.98. The summed E-state index contributed by atoms with van der Waals surface area (Å²) in [6.07, 6.45) is 3.88. The van der Waals surface area contributed by atoms with Gasteiger partial charge in [-0.3, -0.25) is 4.90 Å². The van der Waals surface area contributed by atoms with Crippen LogP contribution in [0.25, 0.3) is 0 Å². The molecule has 20 heavy (non-hydrogen) atoms. The fourth-order valence-corrected chi connectivity index (χ4v) is 2.62. The molecule has 2 rings (SSSR count). The minimum absolute atomic E-state index is 0.155. The molecule has 1 aromatic carbocycles. The van der Waals surface area contributed by atoms with Gasteiger partial charge < -0.3 is 15.7 Å². The maximum absolute atomic E-state index is 8.84. The van der Waals surface area contributed by atoms with Gasteiger partial charge in [0.05, 0.1) is 6.10 Å². The summed E-state index contributed by atoms with van der Waals surface area (Å²) in [6, 6.07) is 7.73. The van der Waals surface area contributed by atoms with Crippen molar-refractivity contribution in [1.82, 2.24) is 4.90 Å². The summed E-state index contributed by atoms with van der Waals surface area (Å²) in [4.78, 5) is 2.22. The fraction of sp³-hybridized carbons (Fsp3) is 0.533. The van der Waals surface area contributed by atoms with Crippen LogP contribution in [0.4, 0.5) is 0 Å². The summed E-state index contributed by atoms with van der Waals surface area (Å²) >= 11 is 0. The highest BCUT2D eigenvalue weighted by Crippen LogP contribution is 2.16. The molecule has 0 bridgehead atoms. The number of nitrogens with two attached hydrogens (primary N) is 1. The Kier molecular flexibility index (Phi) is 5.38. The molecule has 1 unspecified atom stereocenters. The van der Waals surface area contributed by atoms with Gasteiger partial charge in [-0.05, 0) is 31.9 Å². The van der Waals surface area contributed by atoms with Crippen LogP contribution >= 0.6 is 0 Å². The summed E-state index contributed by atoms with van der Waals surface area (Å²) in [7, 11) is 2.07. The molecule has 0 saturated carbocycles. The van der Waals surface area contributed by atoms with E-state index in [0.717, 1.165) is 37.2 Å². The van der Waals surface area contributed by atoms with Crippen molar-refractivity contribution >= 4 is 5.84 Å². The van der Waals surface area contributed by atoms with Crippen molar-refractivity contribution in [2.24, 2.45) is 10.9 Å². The molecule has 1 aliphatic heterocycles. The number of likely N-dealkylation sites (N-methyl/N-ethyl adjacent to an activating group) is 1. The summed E-state index contributed by atoms with van der Waals surface area (Å²) < 4.78 is 5.76. The van der Waals surface area contributed by atoms with Gasteiger partial charge in [0.2, 0.25) is 0 Å². The van der Waals surface area contributed by atoms with Crippen LogP contribution in [0.3, 0.4) is 0 Å². The van der Waals surface area contributed by atoms with Gasteiger partial charge in [0.15, 0.2) is 5.84 Å². The highest BCUT2D eigenvalue weighted by Gasteiger charge is 2.17. The molecular formula is C15H23N3O2. The van der Waals surface area contributed by atoms with E-state index >= 15 is 0 Å². The van der Waals surface area contributed by atoms with Crippen LogP contribution in [0.15, 0.2) is 29.4 Å². The SMILES string of the molecule is CN(Cc1ccccc1C(N)=NO)CC1CCCCO1. The van der Waals surface area contributed by atoms with Gasteiger partial charge in [-0.1, -0.05) is 29.4 Å². The Morgan fingerprint density at radius 3 is 2.95 bits per heavy atom. The number of nitrogens with zero attached hydrogens (tertiary/aromatic N) is 2. The maximum atomic E-state index is 8.84. The Labute approximate surface area is 120 Å². The van der Waals surface area contributed by atoms with E-state index in [1.165, 1.54) is 12.8 Å². The van der Waals surface area contributed by atoms with Crippen LogP contribution < -0.4 is 5.73 Å². The van der Waals surface area contributed by atoms with Gasteiger partial charge in [-0.2, -0.15) is 0 Å². The number of oxime groups is 1. The highest BCUT2D eigenvalue weighted by atomic mass is 16.5. The normalized spacial score (nSPS) is 20.3. The predicted molar refractivity (Wildman–Crippen MR) is 78.9 cm³/mol. The largest absolute Gasteiger partial charge is 0.409 e. The molecule has 5 heteroatoms. The molecule has 0 spiro atoms. The second-order valence-electron chi connectivity index (χ2n) is 5.33. The van der Waals surface area contributed by atoms with E-state index in [-0.39, 0.29) is 5.84 Å². The molecule has 0 aliphatic carbocycles. The van der Waals surface area contributed by atoms with Crippen molar-refractivity contribution in [1.29, 1.82) is 0 Å². The van der Waals surface area contributed by atoms with Gasteiger partial charge in [-0.15, -0.1) is 0 Å². The molecule has 1 heterocycles. The Bertz CT molecular complexity index is 456. The Hall–Kier alpha value is -1.59. The molecular weight excluding hydrogens is 254 g/mol. The Morgan fingerprint density at radius 1 is 1.45 bits per heavy atom. The molecule has 1 fully saturated rings. The van der Waals surface area contributed by atoms with Crippen LogP contribution in [0.2, 0.25) is 0 Å². The summed E-state index contributed by atoms with van der Waals surface area (Å²) in [5.41, 5.74) is 7.55. The lowest BCUT2D eigenvalue weighted by Crippen LogP contribution is -2.33. The topological polar surface area (TPSA) is 71.1 Å². The van der Waals surface area contributed by atoms with E-state index in [1.807, 2.05) is 24.3 Å². The minimum Gasteiger partial charge on any atom is -0.409 e. The van der Waals surface area contributed by atoms with Crippen molar-refractivity contribution in [3.63, 3.8) is 0 Å². The molecule has 1 saturated heterocycles. The minimum atomic E-state index is 0.155. The van der Waals surface area contributed by atoms with Crippen LogP contribution in [-0.2, 0) is 11.3 Å². The zero-order valence-electron chi connectivity index (χ0n) is 12.0. The number of rotatable bonds is 5. The number of ether oxygens (including phenoxy) is 1. The zero-order valence-corrected chi connectivity index (χ0v) is 12.0.